The zero-order chi connectivity index (χ0) is 10.9. The number of hydrogen-bond donors (Lipinski definition) is 1. The molecule has 0 aliphatic carbocycles. The fourth-order valence-electron chi connectivity index (χ4n) is 1.60. The van der Waals surface area contributed by atoms with Crippen LogP contribution in [0, 0.1) is 0 Å². The van der Waals surface area contributed by atoms with E-state index in [4.69, 9.17) is 5.73 Å². The van der Waals surface area contributed by atoms with Crippen molar-refractivity contribution in [2.24, 2.45) is 5.73 Å². The molecule has 1 aliphatic heterocycles. The SMILES string of the molecule is CC(C)S(=O)(=O)N1CCC[C@H]1C(N)=O. The van der Waals surface area contributed by atoms with Gasteiger partial charge in [-0.25, -0.2) is 8.42 Å². The number of amides is 1. The molecule has 2 N–H and O–H groups in total. The average Bonchev–Trinajstić information content (AvgIpc) is 2.51. The maximum atomic E-state index is 11.8. The van der Waals surface area contributed by atoms with Crippen LogP contribution in [-0.4, -0.2) is 36.5 Å². The third-order valence-corrected chi connectivity index (χ3v) is 4.74. The molecule has 0 radical (unpaired) electrons. The van der Waals surface area contributed by atoms with Crippen LogP contribution in [-0.2, 0) is 14.8 Å². The highest BCUT2D eigenvalue weighted by Gasteiger charge is 2.38. The summed E-state index contributed by atoms with van der Waals surface area (Å²) in [6.07, 6.45) is 1.25. The molecule has 0 aromatic carbocycles. The van der Waals surface area contributed by atoms with Gasteiger partial charge in [-0.15, -0.1) is 0 Å². The number of nitrogens with zero attached hydrogens (tertiary/aromatic N) is 1. The molecule has 1 amide bonds. The number of sulfonamides is 1. The van der Waals surface area contributed by atoms with Gasteiger partial charge in [0.05, 0.1) is 5.25 Å². The summed E-state index contributed by atoms with van der Waals surface area (Å²) in [6, 6.07) is -0.637. The first-order chi connectivity index (χ1) is 6.37. The van der Waals surface area contributed by atoms with E-state index in [2.05, 4.69) is 0 Å². The first-order valence-corrected chi connectivity index (χ1v) is 6.17. The molecule has 82 valence electrons. The van der Waals surface area contributed by atoms with Crippen LogP contribution in [0.1, 0.15) is 26.7 Å². The van der Waals surface area contributed by atoms with E-state index >= 15 is 0 Å². The van der Waals surface area contributed by atoms with Gasteiger partial charge in [0.15, 0.2) is 0 Å². The van der Waals surface area contributed by atoms with Crippen molar-refractivity contribution in [3.63, 3.8) is 0 Å². The van der Waals surface area contributed by atoms with E-state index in [0.29, 0.717) is 19.4 Å². The molecule has 1 fully saturated rings. The highest BCUT2D eigenvalue weighted by molar-refractivity contribution is 7.89. The van der Waals surface area contributed by atoms with Gasteiger partial charge in [0, 0.05) is 6.54 Å². The number of rotatable bonds is 3. The fraction of sp³-hybridized carbons (Fsp3) is 0.875. The van der Waals surface area contributed by atoms with Crippen LogP contribution < -0.4 is 5.73 Å². The molecule has 1 atom stereocenters. The quantitative estimate of drug-likeness (QED) is 0.707. The molecule has 0 aromatic heterocycles. The van der Waals surface area contributed by atoms with E-state index in [1.165, 1.54) is 4.31 Å². The van der Waals surface area contributed by atoms with Gasteiger partial charge in [0.1, 0.15) is 6.04 Å². The Hall–Kier alpha value is -0.620. The largest absolute Gasteiger partial charge is 0.368 e. The number of carbonyl (C=O) groups excluding carboxylic acids is 1. The zero-order valence-electron chi connectivity index (χ0n) is 8.43. The van der Waals surface area contributed by atoms with Crippen LogP contribution in [0.25, 0.3) is 0 Å². The average molecular weight is 220 g/mol. The van der Waals surface area contributed by atoms with E-state index in [-0.39, 0.29) is 0 Å². The molecular formula is C8H16N2O3S. The smallest absolute Gasteiger partial charge is 0.235 e. The molecule has 0 aromatic rings. The van der Waals surface area contributed by atoms with E-state index in [1.54, 1.807) is 13.8 Å². The lowest BCUT2D eigenvalue weighted by Gasteiger charge is -2.23. The Morgan fingerprint density at radius 3 is 2.50 bits per heavy atom. The minimum Gasteiger partial charge on any atom is -0.368 e. The van der Waals surface area contributed by atoms with Gasteiger partial charge >= 0.3 is 0 Å². The Kier molecular flexibility index (Phi) is 3.16. The van der Waals surface area contributed by atoms with Gasteiger partial charge in [-0.3, -0.25) is 4.79 Å². The lowest BCUT2D eigenvalue weighted by atomic mass is 10.2. The van der Waals surface area contributed by atoms with Crippen molar-refractivity contribution >= 4 is 15.9 Å². The molecule has 1 saturated heterocycles. The van der Waals surface area contributed by atoms with Gasteiger partial charge < -0.3 is 5.73 Å². The second-order valence-electron chi connectivity index (χ2n) is 3.76. The number of primary amides is 1. The van der Waals surface area contributed by atoms with Crippen LogP contribution >= 0.6 is 0 Å². The summed E-state index contributed by atoms with van der Waals surface area (Å²) in [5.41, 5.74) is 5.14. The lowest BCUT2D eigenvalue weighted by Crippen LogP contribution is -2.46. The highest BCUT2D eigenvalue weighted by Crippen LogP contribution is 2.23. The van der Waals surface area contributed by atoms with Crippen LogP contribution in [0.4, 0.5) is 0 Å². The standard InChI is InChI=1S/C8H16N2O3S/c1-6(2)14(12,13)10-5-3-4-7(10)8(9)11/h6-7H,3-5H2,1-2H3,(H2,9,11)/t7-/m0/s1. The maximum absolute atomic E-state index is 11.8. The van der Waals surface area contributed by atoms with Crippen LogP contribution in [0.15, 0.2) is 0 Å². The third kappa shape index (κ3) is 1.90. The highest BCUT2D eigenvalue weighted by atomic mass is 32.2. The first kappa shape index (κ1) is 11.5. The van der Waals surface area contributed by atoms with Crippen molar-refractivity contribution < 1.29 is 13.2 Å². The Morgan fingerprint density at radius 2 is 2.07 bits per heavy atom. The number of nitrogens with two attached hydrogens (primary N) is 1. The molecule has 0 saturated carbocycles. The fourth-order valence-corrected chi connectivity index (χ4v) is 3.09. The van der Waals surface area contributed by atoms with Crippen LogP contribution in [0.3, 0.4) is 0 Å². The second kappa shape index (κ2) is 3.86. The Bertz CT molecular complexity index is 323. The van der Waals surface area contributed by atoms with Crippen molar-refractivity contribution in [3.8, 4) is 0 Å². The number of hydrogen-bond acceptors (Lipinski definition) is 3. The molecule has 6 heteroatoms. The predicted molar refractivity (Wildman–Crippen MR) is 53.0 cm³/mol. The topological polar surface area (TPSA) is 80.5 Å². The Morgan fingerprint density at radius 1 is 1.50 bits per heavy atom. The molecule has 14 heavy (non-hydrogen) atoms. The van der Waals surface area contributed by atoms with Gasteiger partial charge in [0.25, 0.3) is 0 Å². The molecule has 1 aliphatic rings. The summed E-state index contributed by atoms with van der Waals surface area (Å²) in [5, 5.41) is -0.498. The van der Waals surface area contributed by atoms with Crippen LogP contribution in [0.2, 0.25) is 0 Å². The summed E-state index contributed by atoms with van der Waals surface area (Å²) in [7, 11) is -3.34. The van der Waals surface area contributed by atoms with E-state index in [0.717, 1.165) is 0 Å². The monoisotopic (exact) mass is 220 g/mol. The summed E-state index contributed by atoms with van der Waals surface area (Å²) in [4.78, 5) is 11.0. The third-order valence-electron chi connectivity index (χ3n) is 2.45. The normalized spacial score (nSPS) is 24.4. The molecule has 5 nitrogen and oxygen atoms in total. The van der Waals surface area contributed by atoms with E-state index < -0.39 is 27.2 Å². The van der Waals surface area contributed by atoms with E-state index in [1.807, 2.05) is 0 Å². The summed E-state index contributed by atoms with van der Waals surface area (Å²) < 4.78 is 24.8. The van der Waals surface area contributed by atoms with Gasteiger partial charge in [0.2, 0.25) is 15.9 Å². The molecule has 0 unspecified atom stereocenters. The van der Waals surface area contributed by atoms with Crippen molar-refractivity contribution in [3.05, 3.63) is 0 Å². The van der Waals surface area contributed by atoms with Crippen molar-refractivity contribution in [2.75, 3.05) is 6.54 Å². The van der Waals surface area contributed by atoms with E-state index in [9.17, 15) is 13.2 Å². The molecule has 1 heterocycles. The maximum Gasteiger partial charge on any atom is 0.235 e. The van der Waals surface area contributed by atoms with Gasteiger partial charge in [-0.05, 0) is 26.7 Å². The lowest BCUT2D eigenvalue weighted by molar-refractivity contribution is -0.121. The van der Waals surface area contributed by atoms with Gasteiger partial charge in [-0.1, -0.05) is 0 Å². The minimum absolute atomic E-state index is 0.411. The second-order valence-corrected chi connectivity index (χ2v) is 6.21. The summed E-state index contributed by atoms with van der Waals surface area (Å²) in [5.74, 6) is -0.549. The number of carbonyl (C=O) groups is 1. The Labute approximate surface area is 84.3 Å². The van der Waals surface area contributed by atoms with Gasteiger partial charge in [-0.2, -0.15) is 4.31 Å². The molecule has 0 spiro atoms. The Balaban J connectivity index is 2.93. The molecule has 1 rings (SSSR count). The van der Waals surface area contributed by atoms with Crippen molar-refractivity contribution in [1.82, 2.24) is 4.31 Å². The first-order valence-electron chi connectivity index (χ1n) is 4.67. The minimum atomic E-state index is -3.34. The summed E-state index contributed by atoms with van der Waals surface area (Å²) >= 11 is 0. The van der Waals surface area contributed by atoms with Crippen LogP contribution in [0.5, 0.6) is 0 Å². The zero-order valence-corrected chi connectivity index (χ0v) is 9.25. The molecule has 0 bridgehead atoms. The predicted octanol–water partition coefficient (Wildman–Crippen LogP) is -0.326. The van der Waals surface area contributed by atoms with Crippen molar-refractivity contribution in [1.29, 1.82) is 0 Å². The molecular weight excluding hydrogens is 204 g/mol. The summed E-state index contributed by atoms with van der Waals surface area (Å²) in [6.45, 7) is 3.62. The van der Waals surface area contributed by atoms with Crippen molar-refractivity contribution in [2.45, 2.75) is 38.0 Å².